The van der Waals surface area contributed by atoms with Gasteiger partial charge in [0.05, 0.1) is 14.2 Å². The summed E-state index contributed by atoms with van der Waals surface area (Å²) in [5, 5.41) is 0. The molecule has 0 radical (unpaired) electrons. The Bertz CT molecular complexity index is 310. The molecule has 1 aromatic carbocycles. The summed E-state index contributed by atoms with van der Waals surface area (Å²) in [6, 6.07) is 3.35. The molecule has 0 aromatic heterocycles. The third-order valence-corrected chi connectivity index (χ3v) is 2.19. The Morgan fingerprint density at radius 2 is 1.81 bits per heavy atom. The first-order chi connectivity index (χ1) is 7.76. The normalized spacial score (nSPS) is 10.0. The summed E-state index contributed by atoms with van der Waals surface area (Å²) in [5.41, 5.74) is 6.40. The maximum atomic E-state index is 12.1. The smallest absolute Gasteiger partial charge is 0.228 e. The van der Waals surface area contributed by atoms with Gasteiger partial charge in [-0.25, -0.2) is 4.39 Å². The van der Waals surface area contributed by atoms with E-state index in [0.29, 0.717) is 30.2 Å². The molecule has 0 fully saturated rings. The Kier molecular flexibility index (Phi) is 4.85. The lowest BCUT2D eigenvalue weighted by Gasteiger charge is -2.13. The highest BCUT2D eigenvalue weighted by Crippen LogP contribution is 2.34. The van der Waals surface area contributed by atoms with Gasteiger partial charge >= 0.3 is 0 Å². The molecule has 90 valence electrons. The van der Waals surface area contributed by atoms with Gasteiger partial charge in [0.1, 0.15) is 5.75 Å². The van der Waals surface area contributed by atoms with Gasteiger partial charge < -0.3 is 19.9 Å². The monoisotopic (exact) mass is 229 g/mol. The molecule has 4 nitrogen and oxygen atoms in total. The van der Waals surface area contributed by atoms with Crippen LogP contribution < -0.4 is 19.9 Å². The first-order valence-electron chi connectivity index (χ1n) is 4.90. The molecule has 0 aliphatic heterocycles. The minimum atomic E-state index is -0.907. The summed E-state index contributed by atoms with van der Waals surface area (Å²) in [6.45, 7) is -0.404. The Morgan fingerprint density at radius 1 is 1.12 bits per heavy atom. The van der Waals surface area contributed by atoms with E-state index in [9.17, 15) is 4.39 Å². The lowest BCUT2D eigenvalue weighted by Crippen LogP contribution is -2.05. The van der Waals surface area contributed by atoms with Crippen molar-refractivity contribution in [3.63, 3.8) is 0 Å². The highest BCUT2D eigenvalue weighted by molar-refractivity contribution is 5.50. The quantitative estimate of drug-likeness (QED) is 0.803. The molecule has 0 amide bonds. The zero-order chi connectivity index (χ0) is 12.0. The van der Waals surface area contributed by atoms with Crippen molar-refractivity contribution in [1.29, 1.82) is 0 Å². The van der Waals surface area contributed by atoms with E-state index in [0.717, 1.165) is 5.56 Å². The predicted octanol–water partition coefficient (Wildman–Crippen LogP) is 1.51. The van der Waals surface area contributed by atoms with Gasteiger partial charge in [-0.1, -0.05) is 0 Å². The van der Waals surface area contributed by atoms with Crippen LogP contribution in [0, 0.1) is 0 Å². The maximum absolute atomic E-state index is 12.1. The second kappa shape index (κ2) is 6.17. The van der Waals surface area contributed by atoms with Crippen LogP contribution in [0.4, 0.5) is 4.39 Å². The topological polar surface area (TPSA) is 53.7 Å². The molecular weight excluding hydrogens is 213 g/mol. The fourth-order valence-corrected chi connectivity index (χ4v) is 1.46. The van der Waals surface area contributed by atoms with Gasteiger partial charge in [0, 0.05) is 6.07 Å². The van der Waals surface area contributed by atoms with E-state index in [1.165, 1.54) is 7.11 Å². The summed E-state index contributed by atoms with van der Waals surface area (Å²) >= 11 is 0. The van der Waals surface area contributed by atoms with Crippen molar-refractivity contribution in [1.82, 2.24) is 0 Å². The van der Waals surface area contributed by atoms with Crippen molar-refractivity contribution >= 4 is 0 Å². The minimum absolute atomic E-state index is 0.322. The predicted molar refractivity (Wildman–Crippen MR) is 58.9 cm³/mol. The van der Waals surface area contributed by atoms with Gasteiger partial charge in [-0.2, -0.15) is 0 Å². The van der Waals surface area contributed by atoms with E-state index in [2.05, 4.69) is 0 Å². The van der Waals surface area contributed by atoms with Crippen molar-refractivity contribution in [2.24, 2.45) is 5.73 Å². The zero-order valence-electron chi connectivity index (χ0n) is 9.46. The number of benzene rings is 1. The molecule has 0 saturated carbocycles. The molecule has 1 rings (SSSR count). The van der Waals surface area contributed by atoms with E-state index in [4.69, 9.17) is 19.9 Å². The van der Waals surface area contributed by atoms with E-state index < -0.39 is 6.86 Å². The molecule has 2 N–H and O–H groups in total. The fourth-order valence-electron chi connectivity index (χ4n) is 1.46. The summed E-state index contributed by atoms with van der Waals surface area (Å²) in [7, 11) is 3.04. The highest BCUT2D eigenvalue weighted by Gasteiger charge is 2.11. The van der Waals surface area contributed by atoms with Gasteiger partial charge in [0.2, 0.25) is 6.86 Å². The Labute approximate surface area is 94.1 Å². The first-order valence-corrected chi connectivity index (χ1v) is 4.90. The number of hydrogen-bond acceptors (Lipinski definition) is 4. The summed E-state index contributed by atoms with van der Waals surface area (Å²) < 4.78 is 27.2. The van der Waals surface area contributed by atoms with Crippen molar-refractivity contribution in [2.75, 3.05) is 27.6 Å². The van der Waals surface area contributed by atoms with Crippen molar-refractivity contribution in [3.8, 4) is 17.2 Å². The average molecular weight is 229 g/mol. The molecular formula is C11H16FNO3. The van der Waals surface area contributed by atoms with Crippen LogP contribution in [0.2, 0.25) is 0 Å². The summed E-state index contributed by atoms with van der Waals surface area (Å²) in [6.07, 6.45) is 0.662. The fraction of sp³-hybridized carbons (Fsp3) is 0.455. The van der Waals surface area contributed by atoms with Crippen LogP contribution in [0.1, 0.15) is 5.56 Å². The molecule has 0 heterocycles. The van der Waals surface area contributed by atoms with Crippen LogP contribution in [0.15, 0.2) is 12.1 Å². The lowest BCUT2D eigenvalue weighted by molar-refractivity contribution is 0.184. The first kappa shape index (κ1) is 12.6. The van der Waals surface area contributed by atoms with Crippen LogP contribution in [0.5, 0.6) is 17.2 Å². The van der Waals surface area contributed by atoms with Crippen LogP contribution >= 0.6 is 0 Å². The van der Waals surface area contributed by atoms with E-state index >= 15 is 0 Å². The Hall–Kier alpha value is -1.49. The molecule has 5 heteroatoms. The van der Waals surface area contributed by atoms with Crippen LogP contribution in [-0.4, -0.2) is 27.6 Å². The second-order valence-corrected chi connectivity index (χ2v) is 3.11. The number of rotatable bonds is 6. The number of halogens is 1. The molecule has 0 unspecified atom stereocenters. The van der Waals surface area contributed by atoms with Crippen LogP contribution in [0.3, 0.4) is 0 Å². The lowest BCUT2D eigenvalue weighted by atomic mass is 10.1. The standard InChI is InChI=1S/C11H16FNO3/c1-14-9-6-11(16-7-12)10(15-2)5-8(9)3-4-13/h5-6H,3-4,7,13H2,1-2H3. The average Bonchev–Trinajstić information content (AvgIpc) is 2.31. The molecule has 0 bridgehead atoms. The maximum Gasteiger partial charge on any atom is 0.228 e. The molecule has 0 aliphatic carbocycles. The van der Waals surface area contributed by atoms with Crippen molar-refractivity contribution < 1.29 is 18.6 Å². The number of alkyl halides is 1. The van der Waals surface area contributed by atoms with Crippen LogP contribution in [0.25, 0.3) is 0 Å². The highest BCUT2D eigenvalue weighted by atomic mass is 19.1. The summed E-state index contributed by atoms with van der Waals surface area (Å²) in [4.78, 5) is 0. The van der Waals surface area contributed by atoms with E-state index in [1.807, 2.05) is 0 Å². The molecule has 0 aliphatic rings. The molecule has 0 spiro atoms. The van der Waals surface area contributed by atoms with Gasteiger partial charge in [-0.3, -0.25) is 0 Å². The largest absolute Gasteiger partial charge is 0.496 e. The zero-order valence-corrected chi connectivity index (χ0v) is 9.46. The van der Waals surface area contributed by atoms with Gasteiger partial charge in [-0.15, -0.1) is 0 Å². The van der Waals surface area contributed by atoms with Crippen molar-refractivity contribution in [3.05, 3.63) is 17.7 Å². The van der Waals surface area contributed by atoms with Crippen molar-refractivity contribution in [2.45, 2.75) is 6.42 Å². The third kappa shape index (κ3) is 2.76. The number of nitrogens with two attached hydrogens (primary N) is 1. The Morgan fingerprint density at radius 3 is 2.31 bits per heavy atom. The van der Waals surface area contributed by atoms with Gasteiger partial charge in [0.25, 0.3) is 0 Å². The molecule has 16 heavy (non-hydrogen) atoms. The van der Waals surface area contributed by atoms with E-state index in [1.54, 1.807) is 19.2 Å². The van der Waals surface area contributed by atoms with Gasteiger partial charge in [0.15, 0.2) is 11.5 Å². The summed E-state index contributed by atoms with van der Waals surface area (Å²) in [5.74, 6) is 1.42. The van der Waals surface area contributed by atoms with Crippen LogP contribution in [-0.2, 0) is 6.42 Å². The SMILES string of the molecule is COc1cc(OCF)c(OC)cc1CCN. The number of ether oxygens (including phenoxy) is 3. The minimum Gasteiger partial charge on any atom is -0.496 e. The third-order valence-electron chi connectivity index (χ3n) is 2.19. The molecule has 1 aromatic rings. The Balaban J connectivity index is 3.11. The molecule has 0 saturated heterocycles. The van der Waals surface area contributed by atoms with Gasteiger partial charge in [-0.05, 0) is 24.6 Å². The number of hydrogen-bond donors (Lipinski definition) is 1. The molecule has 0 atom stereocenters. The number of methoxy groups -OCH3 is 2. The second-order valence-electron chi connectivity index (χ2n) is 3.11. The van der Waals surface area contributed by atoms with E-state index in [-0.39, 0.29) is 0 Å².